The van der Waals surface area contributed by atoms with Crippen LogP contribution in [0.25, 0.3) is 0 Å². The molecular formula is C11H24N2O3. The molecule has 2 atom stereocenters. The smallest absolute Gasteiger partial charge is 0.221 e. The SMILES string of the molecule is CCNC(C)CC(=O)NCCC(O)COC. The van der Waals surface area contributed by atoms with E-state index in [0.717, 1.165) is 6.54 Å². The number of carbonyl (C=O) groups excluding carboxylic acids is 1. The molecule has 96 valence electrons. The quantitative estimate of drug-likeness (QED) is 0.519. The van der Waals surface area contributed by atoms with Gasteiger partial charge in [0.25, 0.3) is 0 Å². The summed E-state index contributed by atoms with van der Waals surface area (Å²) in [5, 5.41) is 15.3. The van der Waals surface area contributed by atoms with Gasteiger partial charge in [0.1, 0.15) is 0 Å². The Morgan fingerprint density at radius 2 is 2.19 bits per heavy atom. The fourth-order valence-corrected chi connectivity index (χ4v) is 1.42. The third kappa shape index (κ3) is 8.64. The number of methoxy groups -OCH3 is 1. The van der Waals surface area contributed by atoms with Gasteiger partial charge in [0.05, 0.1) is 12.7 Å². The average Bonchev–Trinajstić information content (AvgIpc) is 2.18. The van der Waals surface area contributed by atoms with Crippen molar-refractivity contribution < 1.29 is 14.6 Å². The summed E-state index contributed by atoms with van der Waals surface area (Å²) in [6.45, 7) is 5.64. The lowest BCUT2D eigenvalue weighted by atomic mass is 10.2. The number of nitrogens with one attached hydrogen (secondary N) is 2. The molecule has 1 amide bonds. The maximum absolute atomic E-state index is 11.4. The number of hydrogen-bond donors (Lipinski definition) is 3. The molecule has 0 bridgehead atoms. The van der Waals surface area contributed by atoms with Gasteiger partial charge in [0.2, 0.25) is 5.91 Å². The Kier molecular flexibility index (Phi) is 9.18. The maximum atomic E-state index is 11.4. The van der Waals surface area contributed by atoms with Crippen molar-refractivity contribution in [1.29, 1.82) is 0 Å². The van der Waals surface area contributed by atoms with Crippen molar-refractivity contribution in [3.8, 4) is 0 Å². The molecule has 0 aromatic heterocycles. The van der Waals surface area contributed by atoms with Crippen LogP contribution >= 0.6 is 0 Å². The van der Waals surface area contributed by atoms with Crippen molar-refractivity contribution in [2.24, 2.45) is 0 Å². The predicted molar refractivity (Wildman–Crippen MR) is 63.3 cm³/mol. The molecule has 3 N–H and O–H groups in total. The second kappa shape index (κ2) is 9.57. The first kappa shape index (κ1) is 15.3. The Morgan fingerprint density at radius 1 is 1.50 bits per heavy atom. The zero-order valence-electron chi connectivity index (χ0n) is 10.5. The summed E-state index contributed by atoms with van der Waals surface area (Å²) in [6, 6.07) is 0.189. The van der Waals surface area contributed by atoms with E-state index in [1.807, 2.05) is 13.8 Å². The lowest BCUT2D eigenvalue weighted by molar-refractivity contribution is -0.121. The Hall–Kier alpha value is -0.650. The molecule has 0 aromatic carbocycles. The molecule has 0 aromatic rings. The van der Waals surface area contributed by atoms with Crippen LogP contribution in [0.5, 0.6) is 0 Å². The average molecular weight is 232 g/mol. The highest BCUT2D eigenvalue weighted by molar-refractivity contribution is 5.76. The lowest BCUT2D eigenvalue weighted by Crippen LogP contribution is -2.35. The van der Waals surface area contributed by atoms with Gasteiger partial charge in [-0.3, -0.25) is 4.79 Å². The zero-order chi connectivity index (χ0) is 12.4. The van der Waals surface area contributed by atoms with Crippen LogP contribution in [0.15, 0.2) is 0 Å². The predicted octanol–water partition coefficient (Wildman–Crippen LogP) is -0.112. The summed E-state index contributed by atoms with van der Waals surface area (Å²) < 4.78 is 4.78. The molecule has 0 saturated heterocycles. The van der Waals surface area contributed by atoms with Gasteiger partial charge in [0.15, 0.2) is 0 Å². The number of ether oxygens (including phenoxy) is 1. The third-order valence-corrected chi connectivity index (χ3v) is 2.20. The molecule has 5 heteroatoms. The van der Waals surface area contributed by atoms with Crippen molar-refractivity contribution in [3.63, 3.8) is 0 Å². The van der Waals surface area contributed by atoms with Crippen molar-refractivity contribution in [3.05, 3.63) is 0 Å². The fraction of sp³-hybridized carbons (Fsp3) is 0.909. The van der Waals surface area contributed by atoms with E-state index >= 15 is 0 Å². The van der Waals surface area contributed by atoms with E-state index in [0.29, 0.717) is 26.0 Å². The molecule has 2 unspecified atom stereocenters. The molecule has 0 fully saturated rings. The molecule has 0 radical (unpaired) electrons. The minimum atomic E-state index is -0.503. The molecule has 0 saturated carbocycles. The lowest BCUT2D eigenvalue weighted by Gasteiger charge is -2.13. The van der Waals surface area contributed by atoms with Gasteiger partial charge in [-0.25, -0.2) is 0 Å². The molecule has 0 aliphatic heterocycles. The minimum absolute atomic E-state index is 0.0121. The summed E-state index contributed by atoms with van der Waals surface area (Å²) in [5.74, 6) is 0.0121. The van der Waals surface area contributed by atoms with Gasteiger partial charge in [0, 0.05) is 26.1 Å². The monoisotopic (exact) mass is 232 g/mol. The third-order valence-electron chi connectivity index (χ3n) is 2.20. The second-order valence-electron chi connectivity index (χ2n) is 3.91. The van der Waals surface area contributed by atoms with Crippen molar-refractivity contribution in [2.45, 2.75) is 38.8 Å². The number of amides is 1. The molecule has 0 aliphatic rings. The first-order valence-corrected chi connectivity index (χ1v) is 5.77. The molecular weight excluding hydrogens is 208 g/mol. The highest BCUT2D eigenvalue weighted by Crippen LogP contribution is 1.93. The van der Waals surface area contributed by atoms with Crippen LogP contribution < -0.4 is 10.6 Å². The van der Waals surface area contributed by atoms with Gasteiger partial charge < -0.3 is 20.5 Å². The largest absolute Gasteiger partial charge is 0.391 e. The van der Waals surface area contributed by atoms with E-state index in [4.69, 9.17) is 4.74 Å². The van der Waals surface area contributed by atoms with Crippen LogP contribution in [0.3, 0.4) is 0 Å². The van der Waals surface area contributed by atoms with Gasteiger partial charge >= 0.3 is 0 Å². The van der Waals surface area contributed by atoms with E-state index in [1.165, 1.54) is 0 Å². The Bertz CT molecular complexity index is 188. The molecule has 16 heavy (non-hydrogen) atoms. The van der Waals surface area contributed by atoms with Crippen LogP contribution in [-0.2, 0) is 9.53 Å². The standard InChI is InChI=1S/C11H24N2O3/c1-4-12-9(2)7-11(15)13-6-5-10(14)8-16-3/h9-10,12,14H,4-8H2,1-3H3,(H,13,15). The number of aliphatic hydroxyl groups excluding tert-OH is 1. The second-order valence-corrected chi connectivity index (χ2v) is 3.91. The summed E-state index contributed by atoms with van der Waals surface area (Å²) in [5.41, 5.74) is 0. The molecule has 0 heterocycles. The van der Waals surface area contributed by atoms with Gasteiger partial charge in [-0.2, -0.15) is 0 Å². The minimum Gasteiger partial charge on any atom is -0.391 e. The summed E-state index contributed by atoms with van der Waals surface area (Å²) in [7, 11) is 1.54. The van der Waals surface area contributed by atoms with E-state index in [2.05, 4.69) is 10.6 Å². The summed E-state index contributed by atoms with van der Waals surface area (Å²) in [4.78, 5) is 11.4. The van der Waals surface area contributed by atoms with E-state index in [-0.39, 0.29) is 11.9 Å². The Morgan fingerprint density at radius 3 is 2.75 bits per heavy atom. The van der Waals surface area contributed by atoms with E-state index in [1.54, 1.807) is 7.11 Å². The zero-order valence-corrected chi connectivity index (χ0v) is 10.5. The van der Waals surface area contributed by atoms with Gasteiger partial charge in [-0.15, -0.1) is 0 Å². The van der Waals surface area contributed by atoms with Gasteiger partial charge in [-0.05, 0) is 19.9 Å². The Balaban J connectivity index is 3.50. The molecule has 0 rings (SSSR count). The Labute approximate surface area is 97.6 Å². The molecule has 5 nitrogen and oxygen atoms in total. The summed E-state index contributed by atoms with van der Waals surface area (Å²) >= 11 is 0. The number of aliphatic hydroxyl groups is 1. The first-order chi connectivity index (χ1) is 7.60. The van der Waals surface area contributed by atoms with Crippen molar-refractivity contribution in [1.82, 2.24) is 10.6 Å². The van der Waals surface area contributed by atoms with Crippen LogP contribution in [0.2, 0.25) is 0 Å². The molecule has 0 spiro atoms. The topological polar surface area (TPSA) is 70.6 Å². The van der Waals surface area contributed by atoms with Crippen molar-refractivity contribution in [2.75, 3.05) is 26.8 Å². The van der Waals surface area contributed by atoms with E-state index < -0.39 is 6.10 Å². The van der Waals surface area contributed by atoms with Crippen LogP contribution in [0.4, 0.5) is 0 Å². The van der Waals surface area contributed by atoms with E-state index in [9.17, 15) is 9.90 Å². The molecule has 0 aliphatic carbocycles. The summed E-state index contributed by atoms with van der Waals surface area (Å²) in [6.07, 6.45) is 0.486. The highest BCUT2D eigenvalue weighted by Gasteiger charge is 2.08. The number of hydrogen-bond acceptors (Lipinski definition) is 4. The fourth-order valence-electron chi connectivity index (χ4n) is 1.42. The van der Waals surface area contributed by atoms with Crippen LogP contribution in [0.1, 0.15) is 26.7 Å². The van der Waals surface area contributed by atoms with Gasteiger partial charge in [-0.1, -0.05) is 6.92 Å². The maximum Gasteiger partial charge on any atom is 0.221 e. The van der Waals surface area contributed by atoms with Crippen molar-refractivity contribution >= 4 is 5.91 Å². The van der Waals surface area contributed by atoms with Crippen LogP contribution in [-0.4, -0.2) is 50.0 Å². The number of rotatable bonds is 9. The highest BCUT2D eigenvalue weighted by atomic mass is 16.5. The first-order valence-electron chi connectivity index (χ1n) is 5.77. The normalized spacial score (nSPS) is 14.5. The number of carbonyl (C=O) groups is 1. The van der Waals surface area contributed by atoms with Crippen LogP contribution in [0, 0.1) is 0 Å².